The number of hydrogen-bond acceptors (Lipinski definition) is 7. The van der Waals surface area contributed by atoms with Gasteiger partial charge in [-0.2, -0.15) is 10.4 Å². The number of nitriles is 1. The maximum atomic E-state index is 11.5. The van der Waals surface area contributed by atoms with Crippen LogP contribution in [0.3, 0.4) is 0 Å². The molecule has 25 heavy (non-hydrogen) atoms. The molecule has 1 fully saturated rings. The molecule has 1 saturated heterocycles. The van der Waals surface area contributed by atoms with Gasteiger partial charge in [-0.1, -0.05) is 0 Å². The fraction of sp³-hybridized carbons (Fsp3) is 0.333. The van der Waals surface area contributed by atoms with Crippen LogP contribution in [0.1, 0.15) is 31.3 Å². The number of aromatic nitrogens is 5. The van der Waals surface area contributed by atoms with Crippen molar-refractivity contribution in [2.45, 2.75) is 25.5 Å². The minimum Gasteiger partial charge on any atom is -0.356 e. The molecular formula is C15H13N7O3. The Hall–Kier alpha value is -3.32. The Morgan fingerprint density at radius 1 is 1.40 bits per heavy atom. The second-order valence-corrected chi connectivity index (χ2v) is 5.70. The Bertz CT molecular complexity index is 994. The van der Waals surface area contributed by atoms with E-state index >= 15 is 0 Å². The highest BCUT2D eigenvalue weighted by Crippen LogP contribution is 2.33. The molecule has 3 aromatic rings. The number of benzene rings is 1. The normalized spacial score (nSPS) is 17.5. The summed E-state index contributed by atoms with van der Waals surface area (Å²) in [7, 11) is 0. The molecule has 10 nitrogen and oxygen atoms in total. The zero-order chi connectivity index (χ0) is 17.4. The molecule has 0 N–H and O–H groups in total. The predicted molar refractivity (Wildman–Crippen MR) is 84.9 cm³/mol. The van der Waals surface area contributed by atoms with Gasteiger partial charge < -0.3 is 4.74 Å². The Labute approximate surface area is 141 Å². The molecule has 1 aromatic carbocycles. The quantitative estimate of drug-likeness (QED) is 0.528. The van der Waals surface area contributed by atoms with E-state index in [1.807, 2.05) is 6.07 Å². The van der Waals surface area contributed by atoms with Crippen molar-refractivity contribution < 1.29 is 9.66 Å². The van der Waals surface area contributed by atoms with Crippen molar-refractivity contribution in [3.05, 3.63) is 40.6 Å². The van der Waals surface area contributed by atoms with Gasteiger partial charge in [0.15, 0.2) is 6.23 Å². The van der Waals surface area contributed by atoms with Crippen molar-refractivity contribution in [1.29, 1.82) is 5.26 Å². The van der Waals surface area contributed by atoms with Crippen LogP contribution in [-0.4, -0.2) is 36.1 Å². The third-order valence-corrected chi connectivity index (χ3v) is 4.23. The summed E-state index contributed by atoms with van der Waals surface area (Å²) in [5.74, 6) is 0.0497. The van der Waals surface area contributed by atoms with Gasteiger partial charge in [0, 0.05) is 12.7 Å². The standard InChI is InChI=1S/C15H13N7O3/c16-7-14-19-17-9-20(14)10-5-12-11(13(6-10)22(23)24)8-18-21(12)15-3-1-2-4-25-15/h5-6,8-9,15H,1-4H2. The molecule has 10 heteroatoms. The Morgan fingerprint density at radius 2 is 2.28 bits per heavy atom. The number of nitro groups is 1. The van der Waals surface area contributed by atoms with Gasteiger partial charge in [0.2, 0.25) is 5.82 Å². The number of nitrogens with zero attached hydrogens (tertiary/aromatic N) is 7. The number of hydrogen-bond donors (Lipinski definition) is 0. The zero-order valence-electron chi connectivity index (χ0n) is 13.1. The van der Waals surface area contributed by atoms with E-state index in [2.05, 4.69) is 15.3 Å². The van der Waals surface area contributed by atoms with Gasteiger partial charge in [0.05, 0.1) is 27.7 Å². The molecule has 0 aliphatic carbocycles. The van der Waals surface area contributed by atoms with Crippen LogP contribution in [0.2, 0.25) is 0 Å². The Balaban J connectivity index is 1.93. The number of nitro benzene ring substituents is 1. The van der Waals surface area contributed by atoms with E-state index < -0.39 is 4.92 Å². The zero-order valence-corrected chi connectivity index (χ0v) is 13.1. The Kier molecular flexibility index (Phi) is 3.62. The van der Waals surface area contributed by atoms with Gasteiger partial charge >= 0.3 is 0 Å². The summed E-state index contributed by atoms with van der Waals surface area (Å²) in [5.41, 5.74) is 0.916. The van der Waals surface area contributed by atoms with Crippen molar-refractivity contribution >= 4 is 16.6 Å². The molecule has 0 spiro atoms. The van der Waals surface area contributed by atoms with Crippen molar-refractivity contribution in [3.63, 3.8) is 0 Å². The van der Waals surface area contributed by atoms with E-state index in [1.165, 1.54) is 23.2 Å². The molecule has 4 rings (SSSR count). The average Bonchev–Trinajstić information content (AvgIpc) is 3.28. The van der Waals surface area contributed by atoms with Crippen LogP contribution in [-0.2, 0) is 4.74 Å². The summed E-state index contributed by atoms with van der Waals surface area (Å²) in [6, 6.07) is 5.04. The molecule has 1 unspecified atom stereocenters. The van der Waals surface area contributed by atoms with Gasteiger partial charge in [0.25, 0.3) is 5.69 Å². The maximum Gasteiger partial charge on any atom is 0.282 e. The molecular weight excluding hydrogens is 326 g/mol. The fourth-order valence-electron chi connectivity index (χ4n) is 3.05. The third-order valence-electron chi connectivity index (χ3n) is 4.23. The van der Waals surface area contributed by atoms with Gasteiger partial charge in [-0.05, 0) is 25.3 Å². The summed E-state index contributed by atoms with van der Waals surface area (Å²) >= 11 is 0. The van der Waals surface area contributed by atoms with E-state index in [1.54, 1.807) is 10.7 Å². The molecule has 126 valence electrons. The van der Waals surface area contributed by atoms with Crippen LogP contribution in [0.25, 0.3) is 16.6 Å². The molecule has 3 heterocycles. The lowest BCUT2D eigenvalue weighted by Crippen LogP contribution is -2.19. The predicted octanol–water partition coefficient (Wildman–Crippen LogP) is 2.10. The van der Waals surface area contributed by atoms with Crippen LogP contribution >= 0.6 is 0 Å². The molecule has 0 radical (unpaired) electrons. The molecule has 0 saturated carbocycles. The summed E-state index contributed by atoms with van der Waals surface area (Å²) in [4.78, 5) is 11.0. The van der Waals surface area contributed by atoms with E-state index in [4.69, 9.17) is 10.00 Å². The second-order valence-electron chi connectivity index (χ2n) is 5.70. The first-order valence-electron chi connectivity index (χ1n) is 7.77. The monoisotopic (exact) mass is 339 g/mol. The molecule has 1 atom stereocenters. The van der Waals surface area contributed by atoms with E-state index in [-0.39, 0.29) is 17.7 Å². The number of ether oxygens (including phenoxy) is 1. The van der Waals surface area contributed by atoms with E-state index in [9.17, 15) is 10.1 Å². The van der Waals surface area contributed by atoms with Crippen molar-refractivity contribution in [1.82, 2.24) is 24.5 Å². The SMILES string of the molecule is N#Cc1nncn1-c1cc([N+](=O)[O-])c2cnn(C3CCCCO3)c2c1. The largest absolute Gasteiger partial charge is 0.356 e. The van der Waals surface area contributed by atoms with Crippen LogP contribution in [0.4, 0.5) is 5.69 Å². The summed E-state index contributed by atoms with van der Waals surface area (Å²) < 4.78 is 8.83. The maximum absolute atomic E-state index is 11.5. The number of non-ortho nitro benzene ring substituents is 1. The molecule has 0 amide bonds. The summed E-state index contributed by atoms with van der Waals surface area (Å²) in [6.07, 6.45) is 5.38. The first-order valence-corrected chi connectivity index (χ1v) is 7.77. The van der Waals surface area contributed by atoms with Crippen molar-refractivity contribution in [2.24, 2.45) is 0 Å². The highest BCUT2D eigenvalue weighted by atomic mass is 16.6. The van der Waals surface area contributed by atoms with Crippen LogP contribution < -0.4 is 0 Å². The lowest BCUT2D eigenvalue weighted by molar-refractivity contribution is -0.383. The Morgan fingerprint density at radius 3 is 3.00 bits per heavy atom. The first kappa shape index (κ1) is 15.2. The third kappa shape index (κ3) is 2.50. The minimum atomic E-state index is -0.462. The van der Waals surface area contributed by atoms with Crippen LogP contribution in [0.15, 0.2) is 24.7 Å². The lowest BCUT2D eigenvalue weighted by Gasteiger charge is -2.23. The smallest absolute Gasteiger partial charge is 0.282 e. The number of rotatable bonds is 3. The van der Waals surface area contributed by atoms with Gasteiger partial charge in [-0.15, -0.1) is 10.2 Å². The molecule has 1 aliphatic heterocycles. The van der Waals surface area contributed by atoms with Crippen molar-refractivity contribution in [2.75, 3.05) is 6.61 Å². The van der Waals surface area contributed by atoms with Gasteiger partial charge in [-0.3, -0.25) is 14.7 Å². The molecule has 1 aliphatic rings. The summed E-state index contributed by atoms with van der Waals surface area (Å²) in [5, 5.41) is 32.8. The topological polar surface area (TPSA) is 125 Å². The summed E-state index contributed by atoms with van der Waals surface area (Å²) in [6.45, 7) is 0.637. The van der Waals surface area contributed by atoms with E-state index in [0.29, 0.717) is 23.2 Å². The number of fused-ring (bicyclic) bond motifs is 1. The first-order chi connectivity index (χ1) is 12.2. The minimum absolute atomic E-state index is 0.0497. The lowest BCUT2D eigenvalue weighted by atomic mass is 10.1. The fourth-order valence-corrected chi connectivity index (χ4v) is 3.05. The van der Waals surface area contributed by atoms with Crippen LogP contribution in [0.5, 0.6) is 0 Å². The van der Waals surface area contributed by atoms with Gasteiger partial charge in [-0.25, -0.2) is 4.68 Å². The molecule has 0 bridgehead atoms. The van der Waals surface area contributed by atoms with Gasteiger partial charge in [0.1, 0.15) is 12.4 Å². The second kappa shape index (κ2) is 5.95. The van der Waals surface area contributed by atoms with Crippen LogP contribution in [0, 0.1) is 21.4 Å². The highest BCUT2D eigenvalue weighted by Gasteiger charge is 2.24. The average molecular weight is 339 g/mol. The highest BCUT2D eigenvalue weighted by molar-refractivity contribution is 5.90. The van der Waals surface area contributed by atoms with E-state index in [0.717, 1.165) is 19.3 Å². The molecule has 2 aromatic heterocycles. The van der Waals surface area contributed by atoms with Crippen molar-refractivity contribution in [3.8, 4) is 11.8 Å².